The molecule has 0 saturated heterocycles. The molecular formula is C22H29NO3. The normalized spacial score (nSPS) is 11.0. The number of carbonyl (C=O) groups is 1. The lowest BCUT2D eigenvalue weighted by molar-refractivity contribution is 0.0466. The van der Waals surface area contributed by atoms with Crippen LogP contribution >= 0.6 is 0 Å². The van der Waals surface area contributed by atoms with E-state index in [2.05, 4.69) is 18.7 Å². The van der Waals surface area contributed by atoms with E-state index in [1.54, 1.807) is 0 Å². The van der Waals surface area contributed by atoms with E-state index in [0.717, 1.165) is 23.2 Å². The summed E-state index contributed by atoms with van der Waals surface area (Å²) in [6, 6.07) is 13.7. The largest absolute Gasteiger partial charge is 0.491 e. The van der Waals surface area contributed by atoms with Gasteiger partial charge >= 0.3 is 5.97 Å². The summed E-state index contributed by atoms with van der Waals surface area (Å²) >= 11 is 0. The minimum absolute atomic E-state index is 0.252. The lowest BCUT2D eigenvalue weighted by Gasteiger charge is -2.20. The third-order valence-electron chi connectivity index (χ3n) is 4.22. The fourth-order valence-corrected chi connectivity index (χ4v) is 2.69. The molecule has 0 aliphatic rings. The third kappa shape index (κ3) is 5.33. The van der Waals surface area contributed by atoms with Crippen molar-refractivity contribution in [2.75, 3.05) is 27.2 Å². The molecule has 4 heteroatoms. The molecule has 0 bridgehead atoms. The second-order valence-corrected chi connectivity index (χ2v) is 7.04. The summed E-state index contributed by atoms with van der Waals surface area (Å²) in [6.45, 7) is 7.68. The predicted molar refractivity (Wildman–Crippen MR) is 105 cm³/mol. The first-order chi connectivity index (χ1) is 12.4. The predicted octanol–water partition coefficient (Wildman–Crippen LogP) is 4.42. The average molecular weight is 355 g/mol. The smallest absolute Gasteiger partial charge is 0.342 e. The van der Waals surface area contributed by atoms with Crippen LogP contribution in [-0.2, 0) is 11.3 Å². The van der Waals surface area contributed by atoms with Crippen LogP contribution < -0.4 is 4.74 Å². The minimum Gasteiger partial charge on any atom is -0.491 e. The van der Waals surface area contributed by atoms with Crippen molar-refractivity contribution in [1.29, 1.82) is 0 Å². The molecule has 0 N–H and O–H groups in total. The number of benzene rings is 2. The van der Waals surface area contributed by atoms with Crippen LogP contribution in [0.2, 0.25) is 0 Å². The van der Waals surface area contributed by atoms with Crippen molar-refractivity contribution < 1.29 is 14.3 Å². The van der Waals surface area contributed by atoms with Gasteiger partial charge in [0.1, 0.15) is 24.5 Å². The lowest BCUT2D eigenvalue weighted by Crippen LogP contribution is -2.21. The van der Waals surface area contributed by atoms with Crippen molar-refractivity contribution in [2.45, 2.75) is 33.3 Å². The first-order valence-corrected chi connectivity index (χ1v) is 9.02. The van der Waals surface area contributed by atoms with E-state index in [0.29, 0.717) is 17.9 Å². The van der Waals surface area contributed by atoms with Crippen LogP contribution in [-0.4, -0.2) is 38.1 Å². The number of likely N-dealkylation sites (N-methyl/N-ethyl adjacent to an activating group) is 1. The topological polar surface area (TPSA) is 38.8 Å². The van der Waals surface area contributed by atoms with E-state index in [1.165, 1.54) is 0 Å². The molecule has 0 unspecified atom stereocenters. The molecule has 0 aliphatic heterocycles. The Morgan fingerprint density at radius 2 is 1.77 bits per heavy atom. The zero-order valence-corrected chi connectivity index (χ0v) is 16.4. The highest BCUT2D eigenvalue weighted by molar-refractivity contribution is 5.94. The molecule has 26 heavy (non-hydrogen) atoms. The summed E-state index contributed by atoms with van der Waals surface area (Å²) in [4.78, 5) is 14.9. The molecule has 0 fully saturated rings. The lowest BCUT2D eigenvalue weighted by atomic mass is 9.96. The van der Waals surface area contributed by atoms with Gasteiger partial charge in [0.15, 0.2) is 0 Å². The van der Waals surface area contributed by atoms with Crippen LogP contribution in [0, 0.1) is 6.92 Å². The van der Waals surface area contributed by atoms with Gasteiger partial charge in [-0.2, -0.15) is 0 Å². The molecule has 0 radical (unpaired) electrons. The van der Waals surface area contributed by atoms with Gasteiger partial charge in [0.25, 0.3) is 0 Å². The Balaban J connectivity index is 2.26. The van der Waals surface area contributed by atoms with Gasteiger partial charge in [0.2, 0.25) is 0 Å². The van der Waals surface area contributed by atoms with Crippen LogP contribution in [0.15, 0.2) is 42.5 Å². The Kier molecular flexibility index (Phi) is 7.22. The molecule has 0 heterocycles. The number of nitrogens with zero attached hydrogens (tertiary/aromatic N) is 1. The molecule has 0 aromatic heterocycles. The zero-order chi connectivity index (χ0) is 19.1. The number of ether oxygens (including phenoxy) is 2. The van der Waals surface area contributed by atoms with Crippen LogP contribution in [0.5, 0.6) is 5.75 Å². The Morgan fingerprint density at radius 1 is 1.08 bits per heavy atom. The van der Waals surface area contributed by atoms with Gasteiger partial charge in [0, 0.05) is 6.54 Å². The van der Waals surface area contributed by atoms with Crippen LogP contribution in [0.1, 0.15) is 46.8 Å². The molecule has 4 nitrogen and oxygen atoms in total. The average Bonchev–Trinajstić information content (AvgIpc) is 2.60. The molecule has 140 valence electrons. The first-order valence-electron chi connectivity index (χ1n) is 9.02. The standard InChI is InChI=1S/C22H29NO3/c1-16(2)19-12-11-17(3)20(21(19)25-14-13-23(4)5)22(24)26-15-18-9-7-6-8-10-18/h6-12,16H,13-15H2,1-5H3. The number of carbonyl (C=O) groups excluding carboxylic acids is 1. The van der Waals surface area contributed by atoms with E-state index < -0.39 is 0 Å². The highest BCUT2D eigenvalue weighted by Gasteiger charge is 2.22. The summed E-state index contributed by atoms with van der Waals surface area (Å²) < 4.78 is 11.6. The van der Waals surface area contributed by atoms with E-state index >= 15 is 0 Å². The minimum atomic E-state index is -0.339. The maximum Gasteiger partial charge on any atom is 0.342 e. The van der Waals surface area contributed by atoms with Crippen LogP contribution in [0.3, 0.4) is 0 Å². The van der Waals surface area contributed by atoms with Gasteiger partial charge in [-0.15, -0.1) is 0 Å². The van der Waals surface area contributed by atoms with Crippen molar-refractivity contribution in [3.8, 4) is 5.75 Å². The zero-order valence-electron chi connectivity index (χ0n) is 16.4. The van der Waals surface area contributed by atoms with Crippen molar-refractivity contribution in [2.24, 2.45) is 0 Å². The molecule has 2 aromatic carbocycles. The molecule has 0 atom stereocenters. The van der Waals surface area contributed by atoms with Crippen LogP contribution in [0.4, 0.5) is 0 Å². The number of hydrogen-bond acceptors (Lipinski definition) is 4. The Bertz CT molecular complexity index is 724. The van der Waals surface area contributed by atoms with Gasteiger partial charge in [-0.25, -0.2) is 4.79 Å². The summed E-state index contributed by atoms with van der Waals surface area (Å²) in [5.74, 6) is 0.569. The quantitative estimate of drug-likeness (QED) is 0.657. The maximum absolute atomic E-state index is 12.8. The molecule has 0 saturated carbocycles. The Hall–Kier alpha value is -2.33. The summed E-state index contributed by atoms with van der Waals surface area (Å²) in [7, 11) is 4.00. The fraction of sp³-hybridized carbons (Fsp3) is 0.409. The van der Waals surface area contributed by atoms with E-state index in [9.17, 15) is 4.79 Å². The molecule has 2 rings (SSSR count). The second kappa shape index (κ2) is 9.39. The summed E-state index contributed by atoms with van der Waals surface area (Å²) in [6.07, 6.45) is 0. The third-order valence-corrected chi connectivity index (χ3v) is 4.22. The summed E-state index contributed by atoms with van der Waals surface area (Å²) in [5, 5.41) is 0. The Morgan fingerprint density at radius 3 is 2.38 bits per heavy atom. The van der Waals surface area contributed by atoms with E-state index in [4.69, 9.17) is 9.47 Å². The van der Waals surface area contributed by atoms with Crippen molar-refractivity contribution in [3.05, 3.63) is 64.7 Å². The highest BCUT2D eigenvalue weighted by atomic mass is 16.5. The van der Waals surface area contributed by atoms with Gasteiger partial charge in [-0.1, -0.05) is 56.3 Å². The SMILES string of the molecule is Cc1ccc(C(C)C)c(OCCN(C)C)c1C(=O)OCc1ccccc1. The first kappa shape index (κ1) is 20.0. The van der Waals surface area contributed by atoms with Gasteiger partial charge < -0.3 is 14.4 Å². The molecular weight excluding hydrogens is 326 g/mol. The molecule has 0 spiro atoms. The van der Waals surface area contributed by atoms with Gasteiger partial charge in [-0.3, -0.25) is 0 Å². The summed E-state index contributed by atoms with van der Waals surface area (Å²) in [5.41, 5.74) is 3.40. The second-order valence-electron chi connectivity index (χ2n) is 7.04. The van der Waals surface area contributed by atoms with Crippen molar-refractivity contribution >= 4 is 5.97 Å². The van der Waals surface area contributed by atoms with Crippen LogP contribution in [0.25, 0.3) is 0 Å². The maximum atomic E-state index is 12.8. The molecule has 2 aromatic rings. The van der Waals surface area contributed by atoms with Crippen molar-refractivity contribution in [3.63, 3.8) is 0 Å². The van der Waals surface area contributed by atoms with E-state index in [-0.39, 0.29) is 18.5 Å². The van der Waals surface area contributed by atoms with E-state index in [1.807, 2.05) is 63.5 Å². The highest BCUT2D eigenvalue weighted by Crippen LogP contribution is 2.33. The number of rotatable bonds is 8. The fourth-order valence-electron chi connectivity index (χ4n) is 2.69. The van der Waals surface area contributed by atoms with Crippen molar-refractivity contribution in [1.82, 2.24) is 4.90 Å². The van der Waals surface area contributed by atoms with Gasteiger partial charge in [-0.05, 0) is 43.6 Å². The monoisotopic (exact) mass is 355 g/mol. The number of esters is 1. The molecule has 0 aliphatic carbocycles. The number of hydrogen-bond donors (Lipinski definition) is 0. The number of aryl methyl sites for hydroxylation is 1. The molecule has 0 amide bonds. The Labute approximate surface area is 156 Å². The van der Waals surface area contributed by atoms with Gasteiger partial charge in [0.05, 0.1) is 0 Å².